The molecule has 3 aromatic rings. The Morgan fingerprint density at radius 3 is 2.43 bits per heavy atom. The lowest BCUT2D eigenvalue weighted by Gasteiger charge is -2.12. The Bertz CT molecular complexity index is 1200. The van der Waals surface area contributed by atoms with Crippen molar-refractivity contribution in [2.75, 3.05) is 7.11 Å². The summed E-state index contributed by atoms with van der Waals surface area (Å²) >= 11 is 0. The van der Waals surface area contributed by atoms with Crippen LogP contribution < -0.4 is 15.3 Å². The molecule has 0 saturated heterocycles. The fourth-order valence-corrected chi connectivity index (χ4v) is 4.20. The normalized spacial score (nSPS) is 14.7. The van der Waals surface area contributed by atoms with E-state index < -0.39 is 0 Å². The number of H-pyrrole nitrogens is 1. The van der Waals surface area contributed by atoms with Crippen LogP contribution in [-0.4, -0.2) is 12.1 Å². The molecule has 4 rings (SSSR count). The highest BCUT2D eigenvalue weighted by Gasteiger charge is 2.22. The van der Waals surface area contributed by atoms with Crippen molar-refractivity contribution in [3.8, 4) is 5.75 Å². The van der Waals surface area contributed by atoms with E-state index in [0.29, 0.717) is 0 Å². The molecule has 1 aliphatic heterocycles. The highest BCUT2D eigenvalue weighted by atomic mass is 16.5. The molecule has 2 heterocycles. The number of hydrogen-bond acceptors (Lipinski definition) is 2. The van der Waals surface area contributed by atoms with Gasteiger partial charge in [-0.25, -0.2) is 4.99 Å². The van der Waals surface area contributed by atoms with Crippen molar-refractivity contribution in [3.63, 3.8) is 0 Å². The van der Waals surface area contributed by atoms with E-state index in [2.05, 4.69) is 69.1 Å². The van der Waals surface area contributed by atoms with Gasteiger partial charge in [-0.1, -0.05) is 37.3 Å². The van der Waals surface area contributed by atoms with Gasteiger partial charge in [-0.2, -0.15) is 0 Å². The van der Waals surface area contributed by atoms with E-state index in [0.717, 1.165) is 28.8 Å². The maximum absolute atomic E-state index is 5.40. The number of hydrogen-bond donors (Lipinski definition) is 1. The van der Waals surface area contributed by atoms with Gasteiger partial charge in [0.2, 0.25) is 0 Å². The van der Waals surface area contributed by atoms with Crippen LogP contribution in [0.4, 0.5) is 0 Å². The topological polar surface area (TPSA) is 37.4 Å². The molecular weight excluding hydrogens is 344 g/mol. The molecular formula is C25H26N2O. The van der Waals surface area contributed by atoms with Crippen LogP contribution in [-0.2, 0) is 6.42 Å². The molecule has 0 saturated carbocycles. The largest absolute Gasteiger partial charge is 0.497 e. The lowest BCUT2D eigenvalue weighted by molar-refractivity contribution is 0.414. The number of rotatable bonds is 4. The van der Waals surface area contributed by atoms with Crippen LogP contribution in [0, 0.1) is 13.8 Å². The van der Waals surface area contributed by atoms with E-state index in [9.17, 15) is 0 Å². The molecule has 1 aliphatic rings. The van der Waals surface area contributed by atoms with Crippen LogP contribution >= 0.6 is 0 Å². The van der Waals surface area contributed by atoms with Gasteiger partial charge in [-0.3, -0.25) is 0 Å². The van der Waals surface area contributed by atoms with Crippen molar-refractivity contribution in [1.29, 1.82) is 0 Å². The highest BCUT2D eigenvalue weighted by Crippen LogP contribution is 2.35. The van der Waals surface area contributed by atoms with Crippen molar-refractivity contribution in [2.24, 2.45) is 4.99 Å². The third-order valence-electron chi connectivity index (χ3n) is 5.69. The first-order valence-corrected chi connectivity index (χ1v) is 9.77. The fraction of sp³-hybridized carbons (Fsp3) is 0.240. The Morgan fingerprint density at radius 1 is 1.04 bits per heavy atom. The van der Waals surface area contributed by atoms with E-state index in [1.165, 1.54) is 38.9 Å². The van der Waals surface area contributed by atoms with Crippen LogP contribution in [0.1, 0.15) is 41.9 Å². The van der Waals surface area contributed by atoms with Gasteiger partial charge in [-0.05, 0) is 61.6 Å². The minimum Gasteiger partial charge on any atom is -0.497 e. The van der Waals surface area contributed by atoms with E-state index in [4.69, 9.17) is 9.73 Å². The first kappa shape index (κ1) is 18.3. The Morgan fingerprint density at radius 2 is 1.79 bits per heavy atom. The quantitative estimate of drug-likeness (QED) is 0.723. The van der Waals surface area contributed by atoms with Crippen molar-refractivity contribution in [2.45, 2.75) is 34.1 Å². The highest BCUT2D eigenvalue weighted by molar-refractivity contribution is 5.90. The van der Waals surface area contributed by atoms with Gasteiger partial charge in [0.05, 0.1) is 23.9 Å². The molecule has 0 spiro atoms. The molecule has 0 aliphatic carbocycles. The van der Waals surface area contributed by atoms with E-state index >= 15 is 0 Å². The third-order valence-corrected chi connectivity index (χ3v) is 5.69. The van der Waals surface area contributed by atoms with Gasteiger partial charge in [0.25, 0.3) is 0 Å². The third kappa shape index (κ3) is 2.88. The van der Waals surface area contributed by atoms with Gasteiger partial charge in [0.15, 0.2) is 0 Å². The summed E-state index contributed by atoms with van der Waals surface area (Å²) in [6.45, 7) is 8.74. The lowest BCUT2D eigenvalue weighted by Crippen LogP contribution is -2.22. The van der Waals surface area contributed by atoms with Gasteiger partial charge < -0.3 is 9.72 Å². The zero-order valence-corrected chi connectivity index (χ0v) is 17.2. The van der Waals surface area contributed by atoms with Crippen molar-refractivity contribution in [3.05, 3.63) is 92.9 Å². The van der Waals surface area contributed by atoms with Crippen LogP contribution in [0.5, 0.6) is 5.75 Å². The van der Waals surface area contributed by atoms with Gasteiger partial charge >= 0.3 is 0 Å². The molecule has 2 aromatic carbocycles. The number of allylic oxidation sites excluding steroid dienone is 1. The molecule has 0 fully saturated rings. The summed E-state index contributed by atoms with van der Waals surface area (Å²) in [6.07, 6.45) is 1.02. The zero-order valence-electron chi connectivity index (χ0n) is 17.2. The summed E-state index contributed by atoms with van der Waals surface area (Å²) in [5, 5.41) is 2.14. The first-order chi connectivity index (χ1) is 13.5. The molecule has 0 atom stereocenters. The predicted octanol–water partition coefficient (Wildman–Crippen LogP) is 4.47. The van der Waals surface area contributed by atoms with E-state index in [-0.39, 0.29) is 0 Å². The maximum atomic E-state index is 5.40. The summed E-state index contributed by atoms with van der Waals surface area (Å²) < 4.78 is 5.40. The number of ether oxygens (including phenoxy) is 1. The number of fused-ring (bicyclic) bond motifs is 1. The van der Waals surface area contributed by atoms with Gasteiger partial charge in [0.1, 0.15) is 5.75 Å². The van der Waals surface area contributed by atoms with E-state index in [1.54, 1.807) is 7.11 Å². The number of nitrogens with zero attached hydrogens (tertiary/aromatic N) is 1. The summed E-state index contributed by atoms with van der Waals surface area (Å²) in [5.41, 5.74) is 9.66. The average molecular weight is 370 g/mol. The van der Waals surface area contributed by atoms with Crippen molar-refractivity contribution < 1.29 is 4.74 Å². The SMILES string of the molecule is CCc1c(C)[nH]c(/C(=C2\N=c3cc(OC)ccc3=C2C)c2ccccc2)c1C. The second-order valence-electron chi connectivity index (χ2n) is 7.29. The first-order valence-electron chi connectivity index (χ1n) is 9.77. The molecule has 1 N–H and O–H groups in total. The summed E-state index contributed by atoms with van der Waals surface area (Å²) in [4.78, 5) is 8.70. The molecule has 0 amide bonds. The second kappa shape index (κ2) is 7.16. The van der Waals surface area contributed by atoms with Crippen LogP contribution in [0.3, 0.4) is 0 Å². The van der Waals surface area contributed by atoms with Gasteiger partial charge in [0, 0.05) is 22.6 Å². The second-order valence-corrected chi connectivity index (χ2v) is 7.29. The molecule has 142 valence electrons. The summed E-state index contributed by atoms with van der Waals surface area (Å²) in [6, 6.07) is 16.7. The van der Waals surface area contributed by atoms with Crippen LogP contribution in [0.2, 0.25) is 0 Å². The van der Waals surface area contributed by atoms with Gasteiger partial charge in [-0.15, -0.1) is 0 Å². The lowest BCUT2D eigenvalue weighted by atomic mass is 9.94. The molecule has 1 aromatic heterocycles. The van der Waals surface area contributed by atoms with Crippen molar-refractivity contribution >= 4 is 11.1 Å². The molecule has 0 radical (unpaired) electrons. The Hall–Kier alpha value is -3.07. The Kier molecular flexibility index (Phi) is 4.68. The number of benzene rings is 2. The Labute approximate surface area is 166 Å². The predicted molar refractivity (Wildman–Crippen MR) is 115 cm³/mol. The molecule has 0 unspecified atom stereocenters. The van der Waals surface area contributed by atoms with E-state index in [1.807, 2.05) is 12.1 Å². The minimum atomic E-state index is 0.831. The number of methoxy groups -OCH3 is 1. The monoisotopic (exact) mass is 370 g/mol. The number of aryl methyl sites for hydroxylation is 1. The number of nitrogens with one attached hydrogen (secondary N) is 1. The van der Waals surface area contributed by atoms with Crippen molar-refractivity contribution in [1.82, 2.24) is 4.98 Å². The standard InChI is InChI=1S/C25H26N2O/c1-6-20-15(2)24(26-17(20)4)23(18-10-8-7-9-11-18)25-16(3)21-13-12-19(28-5)14-22(21)27-25/h7-14,26H,6H2,1-5H3/b25-23-. The molecule has 3 heteroatoms. The smallest absolute Gasteiger partial charge is 0.121 e. The molecule has 3 nitrogen and oxygen atoms in total. The molecule has 0 bridgehead atoms. The minimum absolute atomic E-state index is 0.831. The summed E-state index contributed by atoms with van der Waals surface area (Å²) in [5.74, 6) is 0.831. The average Bonchev–Trinajstić information content (AvgIpc) is 3.18. The van der Waals surface area contributed by atoms with Crippen LogP contribution in [0.15, 0.2) is 59.2 Å². The zero-order chi connectivity index (χ0) is 19.8. The maximum Gasteiger partial charge on any atom is 0.121 e. The Balaban J connectivity index is 2.07. The number of aromatic nitrogens is 1. The van der Waals surface area contributed by atoms with Crippen LogP contribution in [0.25, 0.3) is 11.1 Å². The molecule has 28 heavy (non-hydrogen) atoms. The number of aromatic amines is 1. The summed E-state index contributed by atoms with van der Waals surface area (Å²) in [7, 11) is 1.69. The fourth-order valence-electron chi connectivity index (χ4n) is 4.20.